The molecule has 2 heterocycles. The molecule has 0 saturated carbocycles. The van der Waals surface area contributed by atoms with Gasteiger partial charge in [0.2, 0.25) is 5.91 Å². The average molecular weight is 504 g/mol. The fourth-order valence-corrected chi connectivity index (χ4v) is 5.42. The summed E-state index contributed by atoms with van der Waals surface area (Å²) in [6.45, 7) is 4.10. The third-order valence-electron chi connectivity index (χ3n) is 7.19. The van der Waals surface area contributed by atoms with Crippen molar-refractivity contribution in [1.29, 1.82) is 0 Å². The third kappa shape index (κ3) is 5.23. The van der Waals surface area contributed by atoms with Crippen LogP contribution in [0.4, 0.5) is 4.39 Å². The fraction of sp³-hybridized carbons (Fsp3) is 0.333. The maximum absolute atomic E-state index is 14.9. The van der Waals surface area contributed by atoms with Crippen LogP contribution in [-0.4, -0.2) is 41.6 Å². The highest BCUT2D eigenvalue weighted by Gasteiger charge is 2.30. The van der Waals surface area contributed by atoms with Gasteiger partial charge in [-0.1, -0.05) is 36.4 Å². The van der Waals surface area contributed by atoms with Gasteiger partial charge in [-0.25, -0.2) is 4.39 Å². The number of fused-ring (bicyclic) bond motifs is 2. The molecule has 192 valence electrons. The van der Waals surface area contributed by atoms with Gasteiger partial charge in [-0.3, -0.25) is 9.59 Å². The first-order chi connectivity index (χ1) is 17.9. The van der Waals surface area contributed by atoms with E-state index in [0.29, 0.717) is 61.6 Å². The second-order valence-electron chi connectivity index (χ2n) is 9.57. The minimum Gasteiger partial charge on any atom is -0.493 e. The first-order valence-corrected chi connectivity index (χ1v) is 12.7. The molecule has 2 aliphatic rings. The summed E-state index contributed by atoms with van der Waals surface area (Å²) in [5.41, 5.74) is 5.71. The number of carbonyl (C=O) groups excluding carboxylic acids is 1. The van der Waals surface area contributed by atoms with Crippen molar-refractivity contribution in [2.24, 2.45) is 0 Å². The standard InChI is InChI=1S/C30H30FNO5/c1-2-37-28-10-7-19(14-30(34)35)13-25(28)23-8-9-27(31)24-11-12-32(16-26(23)24)29(33)15-21-18-36-17-20-5-3-4-6-22(20)21/h3-10,13,21H,2,11-12,14-18H2,1H3,(H,34,35)/t21-/m1/s1. The highest BCUT2D eigenvalue weighted by molar-refractivity contribution is 5.80. The molecule has 0 saturated heterocycles. The predicted molar refractivity (Wildman–Crippen MR) is 137 cm³/mol. The summed E-state index contributed by atoms with van der Waals surface area (Å²) in [6.07, 6.45) is 0.616. The number of aliphatic carboxylic acids is 1. The van der Waals surface area contributed by atoms with Crippen LogP contribution in [0.1, 0.15) is 47.1 Å². The van der Waals surface area contributed by atoms with Crippen LogP contribution in [0, 0.1) is 5.82 Å². The molecule has 3 aromatic carbocycles. The molecular formula is C30H30FNO5. The molecule has 0 radical (unpaired) electrons. The molecule has 0 aliphatic carbocycles. The van der Waals surface area contributed by atoms with Crippen molar-refractivity contribution >= 4 is 11.9 Å². The summed E-state index contributed by atoms with van der Waals surface area (Å²) in [4.78, 5) is 26.6. The Bertz CT molecular complexity index is 1340. The van der Waals surface area contributed by atoms with E-state index in [4.69, 9.17) is 9.47 Å². The summed E-state index contributed by atoms with van der Waals surface area (Å²) in [6, 6.07) is 16.5. The van der Waals surface area contributed by atoms with E-state index in [1.807, 2.05) is 25.1 Å². The van der Waals surface area contributed by atoms with Crippen LogP contribution in [0.2, 0.25) is 0 Å². The van der Waals surface area contributed by atoms with E-state index in [-0.39, 0.29) is 30.6 Å². The number of carbonyl (C=O) groups is 2. The second-order valence-corrected chi connectivity index (χ2v) is 9.57. The number of carboxylic acids is 1. The topological polar surface area (TPSA) is 76.1 Å². The van der Waals surface area contributed by atoms with E-state index in [1.54, 1.807) is 29.2 Å². The van der Waals surface area contributed by atoms with Crippen LogP contribution >= 0.6 is 0 Å². The largest absolute Gasteiger partial charge is 0.493 e. The minimum absolute atomic E-state index is 0.0100. The molecule has 0 aromatic heterocycles. The van der Waals surface area contributed by atoms with Gasteiger partial charge in [0.15, 0.2) is 0 Å². The first-order valence-electron chi connectivity index (χ1n) is 12.7. The van der Waals surface area contributed by atoms with Crippen LogP contribution in [0.15, 0.2) is 54.6 Å². The van der Waals surface area contributed by atoms with Crippen LogP contribution in [0.25, 0.3) is 11.1 Å². The quantitative estimate of drug-likeness (QED) is 0.485. The molecule has 0 unspecified atom stereocenters. The van der Waals surface area contributed by atoms with E-state index in [1.165, 1.54) is 6.07 Å². The highest BCUT2D eigenvalue weighted by atomic mass is 19.1. The molecule has 1 N–H and O–H groups in total. The van der Waals surface area contributed by atoms with Gasteiger partial charge in [-0.2, -0.15) is 0 Å². The zero-order valence-electron chi connectivity index (χ0n) is 20.8. The number of hydrogen-bond acceptors (Lipinski definition) is 4. The van der Waals surface area contributed by atoms with Crippen LogP contribution in [0.3, 0.4) is 0 Å². The number of benzene rings is 3. The van der Waals surface area contributed by atoms with Crippen molar-refractivity contribution in [3.8, 4) is 16.9 Å². The molecule has 7 heteroatoms. The molecule has 3 aromatic rings. The highest BCUT2D eigenvalue weighted by Crippen LogP contribution is 2.38. The Hall–Kier alpha value is -3.71. The number of carboxylic acid groups (broad SMARTS) is 1. The maximum Gasteiger partial charge on any atom is 0.307 e. The SMILES string of the molecule is CCOc1ccc(CC(=O)O)cc1-c1ccc(F)c2c1CN(C(=O)C[C@@H]1COCc3ccccc31)CC2. The van der Waals surface area contributed by atoms with Gasteiger partial charge >= 0.3 is 5.97 Å². The van der Waals surface area contributed by atoms with Crippen molar-refractivity contribution in [3.63, 3.8) is 0 Å². The molecule has 0 fully saturated rings. The van der Waals surface area contributed by atoms with Gasteiger partial charge < -0.3 is 19.5 Å². The third-order valence-corrected chi connectivity index (χ3v) is 7.19. The zero-order chi connectivity index (χ0) is 25.9. The summed E-state index contributed by atoms with van der Waals surface area (Å²) < 4.78 is 26.5. The normalized spacial score (nSPS) is 16.6. The van der Waals surface area contributed by atoms with Crippen molar-refractivity contribution < 1.29 is 28.6 Å². The van der Waals surface area contributed by atoms with Gasteiger partial charge in [0.25, 0.3) is 0 Å². The molecule has 5 rings (SSSR count). The monoisotopic (exact) mass is 503 g/mol. The number of ether oxygens (including phenoxy) is 2. The smallest absolute Gasteiger partial charge is 0.307 e. The molecule has 1 atom stereocenters. The van der Waals surface area contributed by atoms with Crippen molar-refractivity contribution in [3.05, 3.63) is 88.2 Å². The van der Waals surface area contributed by atoms with Crippen molar-refractivity contribution in [1.82, 2.24) is 4.90 Å². The molecule has 37 heavy (non-hydrogen) atoms. The zero-order valence-corrected chi connectivity index (χ0v) is 20.8. The van der Waals surface area contributed by atoms with Crippen LogP contribution in [0.5, 0.6) is 5.75 Å². The lowest BCUT2D eigenvalue weighted by molar-refractivity contribution is -0.136. The Labute approximate surface area is 215 Å². The second kappa shape index (κ2) is 10.7. The molecule has 0 bridgehead atoms. The molecule has 6 nitrogen and oxygen atoms in total. The van der Waals surface area contributed by atoms with Gasteiger partial charge in [0, 0.05) is 31.0 Å². The maximum atomic E-state index is 14.9. The van der Waals surface area contributed by atoms with Crippen molar-refractivity contribution in [2.45, 2.75) is 45.3 Å². The molecule has 1 amide bonds. The summed E-state index contributed by atoms with van der Waals surface area (Å²) in [5, 5.41) is 9.29. The Balaban J connectivity index is 1.45. The summed E-state index contributed by atoms with van der Waals surface area (Å²) >= 11 is 0. The van der Waals surface area contributed by atoms with E-state index < -0.39 is 5.97 Å². The Morgan fingerprint density at radius 3 is 2.76 bits per heavy atom. The van der Waals surface area contributed by atoms with Gasteiger partial charge in [-0.15, -0.1) is 0 Å². The lowest BCUT2D eigenvalue weighted by Crippen LogP contribution is -2.38. The lowest BCUT2D eigenvalue weighted by Gasteiger charge is -2.33. The molecular weight excluding hydrogens is 473 g/mol. The minimum atomic E-state index is -0.929. The number of rotatable bonds is 7. The van der Waals surface area contributed by atoms with Gasteiger partial charge in [0.05, 0.1) is 26.2 Å². The van der Waals surface area contributed by atoms with E-state index in [9.17, 15) is 19.1 Å². The lowest BCUT2D eigenvalue weighted by atomic mass is 9.88. The van der Waals surface area contributed by atoms with Crippen LogP contribution < -0.4 is 4.74 Å². The number of hydrogen-bond donors (Lipinski definition) is 1. The Morgan fingerprint density at radius 1 is 1.11 bits per heavy atom. The van der Waals surface area contributed by atoms with Crippen molar-refractivity contribution in [2.75, 3.05) is 19.8 Å². The van der Waals surface area contributed by atoms with Gasteiger partial charge in [-0.05, 0) is 64.9 Å². The van der Waals surface area contributed by atoms with E-state index in [0.717, 1.165) is 22.3 Å². The average Bonchev–Trinajstić information content (AvgIpc) is 2.90. The molecule has 2 aliphatic heterocycles. The van der Waals surface area contributed by atoms with E-state index >= 15 is 0 Å². The first kappa shape index (κ1) is 25.0. The predicted octanol–water partition coefficient (Wildman–Crippen LogP) is 5.11. The summed E-state index contributed by atoms with van der Waals surface area (Å²) in [7, 11) is 0. The Morgan fingerprint density at radius 2 is 1.95 bits per heavy atom. The van der Waals surface area contributed by atoms with E-state index in [2.05, 4.69) is 6.07 Å². The number of nitrogens with zero attached hydrogens (tertiary/aromatic N) is 1. The van der Waals surface area contributed by atoms with Gasteiger partial charge in [0.1, 0.15) is 11.6 Å². The molecule has 0 spiro atoms. The number of amides is 1. The fourth-order valence-electron chi connectivity index (χ4n) is 5.42. The van der Waals surface area contributed by atoms with Crippen LogP contribution in [-0.2, 0) is 40.3 Å². The Kier molecular flexibility index (Phi) is 7.24. The summed E-state index contributed by atoms with van der Waals surface area (Å²) in [5.74, 6) is -0.620. The number of halogens is 1.